The molecule has 0 aliphatic carbocycles. The zero-order chi connectivity index (χ0) is 19.3. The quantitative estimate of drug-likeness (QED) is 0.559. The summed E-state index contributed by atoms with van der Waals surface area (Å²) < 4.78 is 17.1. The Morgan fingerprint density at radius 2 is 2.00 bits per heavy atom. The van der Waals surface area contributed by atoms with Crippen molar-refractivity contribution in [2.24, 2.45) is 0 Å². The van der Waals surface area contributed by atoms with E-state index in [1.807, 2.05) is 36.4 Å². The summed E-state index contributed by atoms with van der Waals surface area (Å²) >= 11 is 6.79. The van der Waals surface area contributed by atoms with Crippen molar-refractivity contribution < 1.29 is 19.0 Å². The Morgan fingerprint density at radius 1 is 1.18 bits per heavy atom. The van der Waals surface area contributed by atoms with E-state index in [1.54, 1.807) is 4.90 Å². The van der Waals surface area contributed by atoms with Crippen molar-refractivity contribution in [1.29, 1.82) is 0 Å². The van der Waals surface area contributed by atoms with Crippen LogP contribution >= 0.6 is 24.0 Å². The van der Waals surface area contributed by atoms with E-state index < -0.39 is 0 Å². The maximum atomic E-state index is 12.9. The fraction of sp³-hybridized carbons (Fsp3) is 0.238. The minimum absolute atomic E-state index is 0.0715. The number of carbonyl (C=O) groups is 1. The number of benzene rings is 2. The molecule has 142 valence electrons. The van der Waals surface area contributed by atoms with Gasteiger partial charge in [-0.25, -0.2) is 0 Å². The van der Waals surface area contributed by atoms with Gasteiger partial charge in [0.25, 0.3) is 5.91 Å². The molecule has 0 radical (unpaired) electrons. The van der Waals surface area contributed by atoms with Gasteiger partial charge in [-0.15, -0.1) is 0 Å². The molecule has 3 aliphatic heterocycles. The number of hydrogen-bond donors (Lipinski definition) is 0. The summed E-state index contributed by atoms with van der Waals surface area (Å²) in [5, 5.41) is 0. The van der Waals surface area contributed by atoms with Gasteiger partial charge in [0.15, 0.2) is 11.5 Å². The zero-order valence-corrected chi connectivity index (χ0v) is 16.8. The second-order valence-corrected chi connectivity index (χ2v) is 8.63. The first-order valence-corrected chi connectivity index (χ1v) is 10.2. The lowest BCUT2D eigenvalue weighted by Crippen LogP contribution is -2.27. The first kappa shape index (κ1) is 17.6. The maximum Gasteiger partial charge on any atom is 0.266 e. The van der Waals surface area contributed by atoms with Crippen molar-refractivity contribution in [2.75, 3.05) is 6.79 Å². The molecular formula is C21H17NO4S2. The van der Waals surface area contributed by atoms with Crippen molar-refractivity contribution in [1.82, 2.24) is 4.90 Å². The van der Waals surface area contributed by atoms with Gasteiger partial charge in [0, 0.05) is 6.42 Å². The summed E-state index contributed by atoms with van der Waals surface area (Å²) in [7, 11) is 0. The fourth-order valence-corrected chi connectivity index (χ4v) is 4.80. The second-order valence-electron chi connectivity index (χ2n) is 6.96. The van der Waals surface area contributed by atoms with Gasteiger partial charge >= 0.3 is 0 Å². The van der Waals surface area contributed by atoms with E-state index >= 15 is 0 Å². The molecular weight excluding hydrogens is 394 g/mol. The molecule has 0 saturated carbocycles. The van der Waals surface area contributed by atoms with E-state index in [2.05, 4.69) is 13.0 Å². The third kappa shape index (κ3) is 3.14. The largest absolute Gasteiger partial charge is 0.490 e. The van der Waals surface area contributed by atoms with Crippen LogP contribution in [0.2, 0.25) is 0 Å². The number of amides is 1. The number of thioether (sulfide) groups is 1. The van der Waals surface area contributed by atoms with E-state index in [1.165, 1.54) is 17.3 Å². The number of hydrogen-bond acceptors (Lipinski definition) is 6. The third-order valence-corrected chi connectivity index (χ3v) is 6.25. The van der Waals surface area contributed by atoms with Crippen molar-refractivity contribution in [2.45, 2.75) is 26.0 Å². The second kappa shape index (κ2) is 6.83. The predicted octanol–water partition coefficient (Wildman–Crippen LogP) is 4.14. The predicted molar refractivity (Wildman–Crippen MR) is 112 cm³/mol. The minimum Gasteiger partial charge on any atom is -0.490 e. The average molecular weight is 412 g/mol. The fourth-order valence-electron chi connectivity index (χ4n) is 3.54. The molecule has 2 aromatic rings. The van der Waals surface area contributed by atoms with Crippen LogP contribution in [-0.2, 0) is 17.8 Å². The Kier molecular flexibility index (Phi) is 4.29. The number of fused-ring (bicyclic) bond motifs is 2. The van der Waals surface area contributed by atoms with Crippen LogP contribution in [0.1, 0.15) is 23.6 Å². The van der Waals surface area contributed by atoms with E-state index in [0.29, 0.717) is 21.5 Å². The molecule has 3 heterocycles. The van der Waals surface area contributed by atoms with E-state index in [9.17, 15) is 4.79 Å². The number of rotatable bonds is 3. The third-order valence-electron chi connectivity index (χ3n) is 4.87. The summed E-state index contributed by atoms with van der Waals surface area (Å²) in [6, 6.07) is 11.7. The van der Waals surface area contributed by atoms with Crippen LogP contribution < -0.4 is 14.2 Å². The van der Waals surface area contributed by atoms with Gasteiger partial charge in [0.1, 0.15) is 16.2 Å². The van der Waals surface area contributed by atoms with Gasteiger partial charge in [-0.1, -0.05) is 36.1 Å². The summed E-state index contributed by atoms with van der Waals surface area (Å²) in [4.78, 5) is 15.2. The molecule has 0 aromatic heterocycles. The van der Waals surface area contributed by atoms with Crippen LogP contribution in [0.15, 0.2) is 41.3 Å². The summed E-state index contributed by atoms with van der Waals surface area (Å²) in [5.41, 5.74) is 3.11. The Balaban J connectivity index is 1.36. The number of thiocarbonyl (C=S) groups is 1. The highest BCUT2D eigenvalue weighted by molar-refractivity contribution is 8.26. The van der Waals surface area contributed by atoms with Crippen LogP contribution in [0.3, 0.4) is 0 Å². The van der Waals surface area contributed by atoms with Gasteiger partial charge in [0.05, 0.1) is 11.4 Å². The molecule has 0 N–H and O–H groups in total. The van der Waals surface area contributed by atoms with Gasteiger partial charge in [0.2, 0.25) is 6.79 Å². The molecule has 1 saturated heterocycles. The molecule has 5 nitrogen and oxygen atoms in total. The lowest BCUT2D eigenvalue weighted by molar-refractivity contribution is -0.122. The summed E-state index contributed by atoms with van der Waals surface area (Å²) in [6.07, 6.45) is 3.00. The van der Waals surface area contributed by atoms with Crippen molar-refractivity contribution in [3.8, 4) is 17.2 Å². The maximum absolute atomic E-state index is 12.9. The number of nitrogens with zero attached hydrogens (tertiary/aromatic N) is 1. The van der Waals surface area contributed by atoms with Crippen molar-refractivity contribution in [3.05, 3.63) is 58.0 Å². The van der Waals surface area contributed by atoms with Crippen LogP contribution in [0.5, 0.6) is 17.2 Å². The monoisotopic (exact) mass is 411 g/mol. The van der Waals surface area contributed by atoms with Crippen LogP contribution in [0, 0.1) is 0 Å². The van der Waals surface area contributed by atoms with Crippen LogP contribution in [-0.4, -0.2) is 28.0 Å². The molecule has 5 rings (SSSR count). The molecule has 0 bridgehead atoms. The van der Waals surface area contributed by atoms with Gasteiger partial charge < -0.3 is 14.2 Å². The minimum atomic E-state index is -0.0715. The Bertz CT molecular complexity index is 1030. The molecule has 1 amide bonds. The molecule has 7 heteroatoms. The normalized spacial score (nSPS) is 21.4. The molecule has 28 heavy (non-hydrogen) atoms. The zero-order valence-electron chi connectivity index (χ0n) is 15.1. The van der Waals surface area contributed by atoms with Gasteiger partial charge in [-0.3, -0.25) is 9.69 Å². The Morgan fingerprint density at radius 3 is 2.89 bits per heavy atom. The van der Waals surface area contributed by atoms with E-state index in [-0.39, 0.29) is 18.8 Å². The molecule has 3 aliphatic rings. The van der Waals surface area contributed by atoms with E-state index in [4.69, 9.17) is 26.4 Å². The SMILES string of the molecule is C[C@H]1Cc2cc(/C=C3\SC(=S)N(Cc4ccc5c(c4)OCO5)C3=O)ccc2O1. The van der Waals surface area contributed by atoms with Crippen LogP contribution in [0.25, 0.3) is 6.08 Å². The lowest BCUT2D eigenvalue weighted by Gasteiger charge is -2.14. The highest BCUT2D eigenvalue weighted by Crippen LogP contribution is 2.37. The Labute approximate surface area is 172 Å². The smallest absolute Gasteiger partial charge is 0.266 e. The van der Waals surface area contributed by atoms with Crippen molar-refractivity contribution >= 4 is 40.3 Å². The Hall–Kier alpha value is -2.51. The van der Waals surface area contributed by atoms with Crippen LogP contribution in [0.4, 0.5) is 0 Å². The van der Waals surface area contributed by atoms with Crippen molar-refractivity contribution in [3.63, 3.8) is 0 Å². The van der Waals surface area contributed by atoms with Gasteiger partial charge in [-0.05, 0) is 54.0 Å². The first-order valence-electron chi connectivity index (χ1n) is 9.00. The molecule has 0 unspecified atom stereocenters. The highest BCUT2D eigenvalue weighted by Gasteiger charge is 2.32. The number of carbonyl (C=O) groups excluding carboxylic acids is 1. The first-order chi connectivity index (χ1) is 13.6. The molecule has 1 atom stereocenters. The molecule has 0 spiro atoms. The molecule has 2 aromatic carbocycles. The standard InChI is InChI=1S/C21H17NO4S2/c1-12-6-15-7-13(2-4-16(15)26-12)9-19-20(23)22(21(27)28-19)10-14-3-5-17-18(8-14)25-11-24-17/h2-5,7-9,12H,6,10-11H2,1H3/b19-9-/t12-/m0/s1. The van der Waals surface area contributed by atoms with E-state index in [0.717, 1.165) is 29.0 Å². The molecule has 1 fully saturated rings. The lowest BCUT2D eigenvalue weighted by atomic mass is 10.1. The summed E-state index contributed by atoms with van der Waals surface area (Å²) in [6.45, 7) is 2.70. The van der Waals surface area contributed by atoms with Gasteiger partial charge in [-0.2, -0.15) is 0 Å². The number of ether oxygens (including phenoxy) is 3. The average Bonchev–Trinajstić information content (AvgIpc) is 3.34. The topological polar surface area (TPSA) is 48.0 Å². The highest BCUT2D eigenvalue weighted by atomic mass is 32.2. The summed E-state index contributed by atoms with van der Waals surface area (Å²) in [5.74, 6) is 2.29.